The second-order valence-electron chi connectivity index (χ2n) is 6.33. The maximum absolute atomic E-state index is 13.5. The maximum atomic E-state index is 13.5. The summed E-state index contributed by atoms with van der Waals surface area (Å²) in [5.74, 6) is -1.05. The topological polar surface area (TPSA) is 83.5 Å². The SMILES string of the molecule is O=C(Nc1ccc(F)c(Br)c1)c1cccc(S(=O)(=O)C2CC(O)C(F)C2)c1. The molecule has 1 saturated carbocycles. The second-order valence-corrected chi connectivity index (χ2v) is 9.42. The molecule has 1 fully saturated rings. The average molecular weight is 460 g/mol. The summed E-state index contributed by atoms with van der Waals surface area (Å²) in [6.07, 6.45) is -3.33. The van der Waals surface area contributed by atoms with Gasteiger partial charge in [-0.15, -0.1) is 0 Å². The summed E-state index contributed by atoms with van der Waals surface area (Å²) >= 11 is 3.02. The molecule has 3 rings (SSSR count). The molecule has 0 radical (unpaired) electrons. The van der Waals surface area contributed by atoms with Crippen molar-refractivity contribution in [3.05, 3.63) is 58.3 Å². The Morgan fingerprint density at radius 3 is 2.56 bits per heavy atom. The van der Waals surface area contributed by atoms with Crippen LogP contribution >= 0.6 is 15.9 Å². The summed E-state index contributed by atoms with van der Waals surface area (Å²) in [4.78, 5) is 12.3. The van der Waals surface area contributed by atoms with Crippen molar-refractivity contribution in [3.63, 3.8) is 0 Å². The van der Waals surface area contributed by atoms with Gasteiger partial charge in [0.1, 0.15) is 12.0 Å². The number of anilines is 1. The standard InChI is InChI=1S/C18H16BrF2NO4S/c19-14-7-11(4-5-15(14)20)22-18(24)10-2-1-3-12(6-10)27(25,26)13-8-16(21)17(23)9-13/h1-7,13,16-17,23H,8-9H2,(H,22,24). The van der Waals surface area contributed by atoms with Crippen molar-refractivity contribution in [3.8, 4) is 0 Å². The molecule has 0 aromatic heterocycles. The fourth-order valence-corrected chi connectivity index (χ4v) is 5.17. The van der Waals surface area contributed by atoms with Crippen molar-refractivity contribution in [2.75, 3.05) is 5.32 Å². The number of amides is 1. The number of carbonyl (C=O) groups excluding carboxylic acids is 1. The Labute approximate surface area is 163 Å². The molecule has 0 saturated heterocycles. The van der Waals surface area contributed by atoms with Crippen LogP contribution in [0.15, 0.2) is 51.8 Å². The molecule has 3 atom stereocenters. The third kappa shape index (κ3) is 4.20. The van der Waals surface area contributed by atoms with Gasteiger partial charge in [0, 0.05) is 11.3 Å². The van der Waals surface area contributed by atoms with Gasteiger partial charge in [-0.3, -0.25) is 4.79 Å². The van der Waals surface area contributed by atoms with E-state index < -0.39 is 39.1 Å². The molecule has 5 nitrogen and oxygen atoms in total. The van der Waals surface area contributed by atoms with Crippen LogP contribution in [-0.2, 0) is 9.84 Å². The van der Waals surface area contributed by atoms with Crippen LogP contribution in [0.1, 0.15) is 23.2 Å². The first kappa shape index (κ1) is 19.9. The van der Waals surface area contributed by atoms with Crippen molar-refractivity contribution < 1.29 is 27.1 Å². The van der Waals surface area contributed by atoms with Gasteiger partial charge in [0.15, 0.2) is 9.84 Å². The summed E-state index contributed by atoms with van der Waals surface area (Å²) in [5.41, 5.74) is 0.424. The van der Waals surface area contributed by atoms with E-state index in [0.29, 0.717) is 5.69 Å². The zero-order chi connectivity index (χ0) is 19.8. The van der Waals surface area contributed by atoms with Gasteiger partial charge in [-0.2, -0.15) is 0 Å². The van der Waals surface area contributed by atoms with Crippen LogP contribution in [0, 0.1) is 5.82 Å². The van der Waals surface area contributed by atoms with Crippen LogP contribution in [0.4, 0.5) is 14.5 Å². The molecular weight excluding hydrogens is 444 g/mol. The zero-order valence-electron chi connectivity index (χ0n) is 13.9. The largest absolute Gasteiger partial charge is 0.390 e. The van der Waals surface area contributed by atoms with Crippen molar-refractivity contribution >= 4 is 37.4 Å². The van der Waals surface area contributed by atoms with Gasteiger partial charge < -0.3 is 10.4 Å². The van der Waals surface area contributed by atoms with Gasteiger partial charge >= 0.3 is 0 Å². The number of benzene rings is 2. The van der Waals surface area contributed by atoms with Gasteiger partial charge in [0.2, 0.25) is 0 Å². The van der Waals surface area contributed by atoms with Crippen LogP contribution in [0.2, 0.25) is 0 Å². The number of sulfone groups is 1. The summed E-state index contributed by atoms with van der Waals surface area (Å²) in [6.45, 7) is 0. The molecule has 144 valence electrons. The van der Waals surface area contributed by atoms with Crippen molar-refractivity contribution in [1.82, 2.24) is 0 Å². The van der Waals surface area contributed by atoms with E-state index in [-0.39, 0.29) is 27.8 Å². The number of hydrogen-bond acceptors (Lipinski definition) is 4. The van der Waals surface area contributed by atoms with E-state index in [9.17, 15) is 27.1 Å². The molecule has 0 aliphatic heterocycles. The van der Waals surface area contributed by atoms with E-state index in [4.69, 9.17) is 0 Å². The molecule has 3 unspecified atom stereocenters. The lowest BCUT2D eigenvalue weighted by atomic mass is 10.2. The van der Waals surface area contributed by atoms with E-state index in [2.05, 4.69) is 21.2 Å². The van der Waals surface area contributed by atoms with Crippen LogP contribution in [-0.4, -0.2) is 37.0 Å². The highest BCUT2D eigenvalue weighted by Crippen LogP contribution is 2.32. The minimum absolute atomic E-state index is 0.0897. The third-order valence-corrected chi connectivity index (χ3v) is 7.23. The van der Waals surface area contributed by atoms with Gasteiger partial charge in [-0.1, -0.05) is 6.07 Å². The summed E-state index contributed by atoms with van der Waals surface area (Å²) in [6, 6.07) is 9.34. The third-order valence-electron chi connectivity index (χ3n) is 4.45. The summed E-state index contributed by atoms with van der Waals surface area (Å²) < 4.78 is 52.3. The molecule has 0 heterocycles. The first-order valence-electron chi connectivity index (χ1n) is 8.11. The van der Waals surface area contributed by atoms with E-state index in [0.717, 1.165) is 0 Å². The molecule has 0 bridgehead atoms. The molecule has 1 aliphatic carbocycles. The predicted molar refractivity (Wildman–Crippen MR) is 99.6 cm³/mol. The Bertz CT molecular complexity index is 973. The number of hydrogen-bond donors (Lipinski definition) is 2. The highest BCUT2D eigenvalue weighted by molar-refractivity contribution is 9.10. The number of aliphatic hydroxyl groups excluding tert-OH is 1. The minimum Gasteiger partial charge on any atom is -0.390 e. The van der Waals surface area contributed by atoms with Crippen molar-refractivity contribution in [1.29, 1.82) is 0 Å². The maximum Gasteiger partial charge on any atom is 0.255 e. The number of halogens is 3. The zero-order valence-corrected chi connectivity index (χ0v) is 16.3. The first-order valence-corrected chi connectivity index (χ1v) is 10.4. The van der Waals surface area contributed by atoms with Gasteiger partial charge in [0.25, 0.3) is 5.91 Å². The molecule has 1 aliphatic rings. The van der Waals surface area contributed by atoms with E-state index in [1.165, 1.54) is 42.5 Å². The lowest BCUT2D eigenvalue weighted by Crippen LogP contribution is -2.20. The molecular formula is C18H16BrF2NO4S. The number of rotatable bonds is 4. The number of nitrogens with one attached hydrogen (secondary N) is 1. The van der Waals surface area contributed by atoms with Crippen LogP contribution in [0.3, 0.4) is 0 Å². The van der Waals surface area contributed by atoms with Crippen molar-refractivity contribution in [2.45, 2.75) is 35.3 Å². The second kappa shape index (κ2) is 7.65. The Balaban J connectivity index is 1.82. The minimum atomic E-state index is -3.88. The molecule has 9 heteroatoms. The van der Waals surface area contributed by atoms with E-state index in [1.807, 2.05) is 0 Å². The van der Waals surface area contributed by atoms with Gasteiger partial charge in [-0.05, 0) is 65.2 Å². The Hall–Kier alpha value is -1.84. The molecule has 0 spiro atoms. The molecule has 27 heavy (non-hydrogen) atoms. The molecule has 2 aromatic rings. The Kier molecular flexibility index (Phi) is 5.64. The fraction of sp³-hybridized carbons (Fsp3) is 0.278. The normalized spacial score (nSPS) is 22.6. The van der Waals surface area contributed by atoms with E-state index >= 15 is 0 Å². The number of aliphatic hydroxyl groups is 1. The van der Waals surface area contributed by atoms with Gasteiger partial charge in [-0.25, -0.2) is 17.2 Å². The molecule has 2 aromatic carbocycles. The lowest BCUT2D eigenvalue weighted by Gasteiger charge is -2.12. The summed E-state index contributed by atoms with van der Waals surface area (Å²) in [7, 11) is -3.88. The predicted octanol–water partition coefficient (Wildman–Crippen LogP) is 3.48. The average Bonchev–Trinajstić information content (AvgIpc) is 2.98. The van der Waals surface area contributed by atoms with Crippen LogP contribution < -0.4 is 5.32 Å². The quantitative estimate of drug-likeness (QED) is 0.732. The smallest absolute Gasteiger partial charge is 0.255 e. The van der Waals surface area contributed by atoms with Crippen LogP contribution in [0.25, 0.3) is 0 Å². The van der Waals surface area contributed by atoms with Gasteiger partial charge in [0.05, 0.1) is 20.7 Å². The molecule has 1 amide bonds. The van der Waals surface area contributed by atoms with Crippen LogP contribution in [0.5, 0.6) is 0 Å². The Morgan fingerprint density at radius 1 is 1.19 bits per heavy atom. The highest BCUT2D eigenvalue weighted by Gasteiger charge is 2.41. The monoisotopic (exact) mass is 459 g/mol. The summed E-state index contributed by atoms with van der Waals surface area (Å²) in [5, 5.41) is 11.0. The number of carbonyl (C=O) groups is 1. The Morgan fingerprint density at radius 2 is 1.93 bits per heavy atom. The van der Waals surface area contributed by atoms with Crippen molar-refractivity contribution in [2.24, 2.45) is 0 Å². The first-order chi connectivity index (χ1) is 12.7. The number of alkyl halides is 1. The van der Waals surface area contributed by atoms with E-state index in [1.54, 1.807) is 0 Å². The fourth-order valence-electron chi connectivity index (χ4n) is 2.96. The lowest BCUT2D eigenvalue weighted by molar-refractivity contribution is 0.102. The molecule has 2 N–H and O–H groups in total. The highest BCUT2D eigenvalue weighted by atomic mass is 79.9.